The minimum Gasteiger partial charge on any atom is -0.366 e. The molecule has 0 bridgehead atoms. The van der Waals surface area contributed by atoms with Gasteiger partial charge >= 0.3 is 5.84 Å². The first kappa shape index (κ1) is 19.5. The summed E-state index contributed by atoms with van der Waals surface area (Å²) in [6.45, 7) is 4.61. The van der Waals surface area contributed by atoms with E-state index in [-0.39, 0.29) is 5.91 Å². The van der Waals surface area contributed by atoms with Crippen LogP contribution in [0.3, 0.4) is 0 Å². The highest BCUT2D eigenvalue weighted by molar-refractivity contribution is 6.01. The number of nitrogens with one attached hydrogen (secondary N) is 1. The molecule has 3 aromatic rings. The molecule has 1 saturated heterocycles. The Morgan fingerprint density at radius 1 is 1.21 bits per heavy atom. The molecule has 8 nitrogen and oxygen atoms in total. The molecule has 33 heavy (non-hydrogen) atoms. The van der Waals surface area contributed by atoms with Gasteiger partial charge in [0.2, 0.25) is 0 Å². The number of benzene rings is 1. The van der Waals surface area contributed by atoms with E-state index in [1.165, 1.54) is 0 Å². The van der Waals surface area contributed by atoms with Crippen molar-refractivity contribution in [3.63, 3.8) is 0 Å². The number of fused-ring (bicyclic) bond motifs is 3. The van der Waals surface area contributed by atoms with Crippen molar-refractivity contribution in [3.8, 4) is 0 Å². The SMILES string of the molecule is CC1=CN2CCN(C(=O)c3cnc4c(c3)C(c3ccc5nn(C)cc5c3)=CCN4)CC2=[N+]=C1. The molecular weight excluding hydrogens is 414 g/mol. The molecule has 5 heterocycles. The van der Waals surface area contributed by atoms with Crippen LogP contribution < -0.4 is 9.98 Å². The van der Waals surface area contributed by atoms with Gasteiger partial charge in [0.25, 0.3) is 5.91 Å². The second kappa shape index (κ2) is 7.46. The molecule has 0 aliphatic carbocycles. The van der Waals surface area contributed by atoms with Crippen LogP contribution in [0.2, 0.25) is 0 Å². The van der Waals surface area contributed by atoms with E-state index in [0.29, 0.717) is 25.2 Å². The number of pyridine rings is 1. The summed E-state index contributed by atoms with van der Waals surface area (Å²) in [7, 11) is 1.93. The second-order valence-corrected chi connectivity index (χ2v) is 8.66. The Balaban J connectivity index is 1.32. The lowest BCUT2D eigenvalue weighted by molar-refractivity contribution is 0.0754. The molecule has 1 fully saturated rings. The molecule has 1 amide bonds. The summed E-state index contributed by atoms with van der Waals surface area (Å²) in [5.41, 5.74) is 5.78. The minimum absolute atomic E-state index is 0.0217. The summed E-state index contributed by atoms with van der Waals surface area (Å²) in [6.07, 6.45) is 9.78. The van der Waals surface area contributed by atoms with Gasteiger partial charge in [-0.05, 0) is 36.3 Å². The first-order chi connectivity index (χ1) is 16.0. The van der Waals surface area contributed by atoms with E-state index >= 15 is 0 Å². The Morgan fingerprint density at radius 2 is 2.12 bits per heavy atom. The van der Waals surface area contributed by atoms with Crippen LogP contribution in [0.25, 0.3) is 16.5 Å². The van der Waals surface area contributed by atoms with Crippen LogP contribution in [0.1, 0.15) is 28.4 Å². The maximum absolute atomic E-state index is 13.4. The number of hydrogen-bond donors (Lipinski definition) is 1. The summed E-state index contributed by atoms with van der Waals surface area (Å²) >= 11 is 0. The molecule has 0 atom stereocenters. The van der Waals surface area contributed by atoms with Crippen LogP contribution in [-0.2, 0) is 7.05 Å². The van der Waals surface area contributed by atoms with E-state index in [4.69, 9.17) is 0 Å². The molecule has 8 heteroatoms. The maximum atomic E-state index is 13.4. The van der Waals surface area contributed by atoms with Crippen molar-refractivity contribution in [3.05, 3.63) is 71.2 Å². The van der Waals surface area contributed by atoms with Gasteiger partial charge in [-0.15, -0.1) is 0 Å². The van der Waals surface area contributed by atoms with E-state index in [1.54, 1.807) is 6.20 Å². The van der Waals surface area contributed by atoms with Crippen LogP contribution in [0.5, 0.6) is 0 Å². The van der Waals surface area contributed by atoms with Crippen molar-refractivity contribution in [2.75, 3.05) is 31.5 Å². The maximum Gasteiger partial charge on any atom is 0.369 e. The zero-order chi connectivity index (χ0) is 22.5. The van der Waals surface area contributed by atoms with Gasteiger partial charge in [0.1, 0.15) is 18.9 Å². The fourth-order valence-electron chi connectivity index (χ4n) is 4.64. The van der Waals surface area contributed by atoms with Gasteiger partial charge in [-0.25, -0.2) is 14.6 Å². The lowest BCUT2D eigenvalue weighted by atomic mass is 9.94. The normalized spacial score (nSPS) is 17.1. The fourth-order valence-corrected chi connectivity index (χ4v) is 4.64. The van der Waals surface area contributed by atoms with Crippen molar-refractivity contribution in [1.29, 1.82) is 0 Å². The van der Waals surface area contributed by atoms with Gasteiger partial charge in [-0.2, -0.15) is 5.10 Å². The van der Waals surface area contributed by atoms with Gasteiger partial charge < -0.3 is 10.2 Å². The Bertz CT molecular complexity index is 1440. The molecule has 2 aromatic heterocycles. The summed E-state index contributed by atoms with van der Waals surface area (Å²) < 4.78 is 6.34. The molecule has 0 unspecified atom stereocenters. The molecule has 1 aromatic carbocycles. The zero-order valence-electron chi connectivity index (χ0n) is 18.6. The highest BCUT2D eigenvalue weighted by atomic mass is 16.2. The van der Waals surface area contributed by atoms with Crippen molar-refractivity contribution in [2.45, 2.75) is 6.92 Å². The molecule has 0 spiro atoms. The summed E-state index contributed by atoms with van der Waals surface area (Å²) in [5, 5.41) is 8.88. The van der Waals surface area contributed by atoms with Gasteiger partial charge in [-0.1, -0.05) is 12.1 Å². The van der Waals surface area contributed by atoms with Gasteiger partial charge in [0.15, 0.2) is 6.21 Å². The van der Waals surface area contributed by atoms with Crippen molar-refractivity contribution in [2.24, 2.45) is 7.05 Å². The summed E-state index contributed by atoms with van der Waals surface area (Å²) in [5.74, 6) is 1.68. The molecule has 0 saturated carbocycles. The van der Waals surface area contributed by atoms with Crippen LogP contribution in [-0.4, -0.2) is 68.7 Å². The predicted molar refractivity (Wildman–Crippen MR) is 130 cm³/mol. The Hall–Kier alpha value is -4.16. The third kappa shape index (κ3) is 3.41. The average molecular weight is 439 g/mol. The van der Waals surface area contributed by atoms with Crippen molar-refractivity contribution in [1.82, 2.24) is 29.2 Å². The van der Waals surface area contributed by atoms with Gasteiger partial charge in [0.05, 0.1) is 23.8 Å². The highest BCUT2D eigenvalue weighted by Gasteiger charge is 2.34. The number of amidine groups is 1. The number of rotatable bonds is 2. The van der Waals surface area contributed by atoms with E-state index < -0.39 is 0 Å². The Morgan fingerprint density at radius 3 is 3.03 bits per heavy atom. The molecule has 164 valence electrons. The lowest BCUT2D eigenvalue weighted by Crippen LogP contribution is -2.52. The highest BCUT2D eigenvalue weighted by Crippen LogP contribution is 2.33. The average Bonchev–Trinajstić information content (AvgIpc) is 3.21. The van der Waals surface area contributed by atoms with Crippen LogP contribution in [0.15, 0.2) is 54.5 Å². The second-order valence-electron chi connectivity index (χ2n) is 8.66. The first-order valence-corrected chi connectivity index (χ1v) is 11.1. The lowest BCUT2D eigenvalue weighted by Gasteiger charge is -2.29. The molecule has 6 rings (SSSR count). The summed E-state index contributed by atoms with van der Waals surface area (Å²) in [4.78, 5) is 22.0. The van der Waals surface area contributed by atoms with Crippen molar-refractivity contribution >= 4 is 40.3 Å². The molecule has 3 aliphatic heterocycles. The standard InChI is InChI=1S/C25H23N7O/c1-16-11-27-23-15-32(8-7-31(23)13-16)25(33)18-10-21-20(5-6-26-24(21)28-12-18)17-3-4-22-19(9-17)14-30(2)29-22/h3-5,9-14H,6-8,15H2,1-2H3/p+1. The van der Waals surface area contributed by atoms with Crippen molar-refractivity contribution < 1.29 is 4.79 Å². The Labute approximate surface area is 191 Å². The van der Waals surface area contributed by atoms with E-state index in [9.17, 15) is 4.79 Å². The monoisotopic (exact) mass is 438 g/mol. The zero-order valence-corrected chi connectivity index (χ0v) is 18.6. The number of carbonyl (C=O) groups is 1. The van der Waals surface area contributed by atoms with E-state index in [1.807, 2.05) is 48.1 Å². The number of anilines is 1. The van der Waals surface area contributed by atoms with Gasteiger partial charge in [0, 0.05) is 42.5 Å². The topological polar surface area (TPSA) is 80.4 Å². The number of allylic oxidation sites excluding steroid dienone is 1. The third-order valence-electron chi connectivity index (χ3n) is 6.27. The first-order valence-electron chi connectivity index (χ1n) is 11.1. The molecule has 0 radical (unpaired) electrons. The number of aryl methyl sites for hydroxylation is 1. The molecular formula is C25H24N7O+. The number of amides is 1. The summed E-state index contributed by atoms with van der Waals surface area (Å²) in [6, 6.07) is 8.22. The van der Waals surface area contributed by atoms with E-state index in [2.05, 4.69) is 49.4 Å². The van der Waals surface area contributed by atoms with E-state index in [0.717, 1.165) is 51.4 Å². The van der Waals surface area contributed by atoms with Gasteiger partial charge in [-0.3, -0.25) is 9.48 Å². The number of piperazine rings is 1. The molecule has 1 N–H and O–H groups in total. The third-order valence-corrected chi connectivity index (χ3v) is 6.27. The fraction of sp³-hybridized carbons (Fsp3) is 0.240. The Kier molecular flexibility index (Phi) is 4.41. The quantitative estimate of drug-likeness (QED) is 0.620. The van der Waals surface area contributed by atoms with Crippen LogP contribution in [0, 0.1) is 0 Å². The van der Waals surface area contributed by atoms with Crippen LogP contribution in [0.4, 0.5) is 5.82 Å². The number of nitrogens with zero attached hydrogens (tertiary/aromatic N) is 6. The largest absolute Gasteiger partial charge is 0.369 e. The predicted octanol–water partition coefficient (Wildman–Crippen LogP) is 2.04. The number of hydrogen-bond acceptors (Lipinski definition) is 5. The van der Waals surface area contributed by atoms with Crippen LogP contribution >= 0.6 is 0 Å². The number of aromatic nitrogens is 3. The number of carbonyl (C=O) groups excluding carboxylic acids is 1. The molecule has 3 aliphatic rings. The smallest absolute Gasteiger partial charge is 0.366 e. The minimum atomic E-state index is -0.0217.